The Kier molecular flexibility index (Phi) is 6.61. The first kappa shape index (κ1) is 15.7. The second kappa shape index (κ2) is 7.14. The summed E-state index contributed by atoms with van der Waals surface area (Å²) >= 11 is 0. The fourth-order valence-corrected chi connectivity index (χ4v) is 1.15. The van der Waals surface area contributed by atoms with Gasteiger partial charge in [-0.25, -0.2) is 0 Å². The molecule has 17 heavy (non-hydrogen) atoms. The Hall–Kier alpha value is -1.26. The van der Waals surface area contributed by atoms with E-state index in [4.69, 9.17) is 10.5 Å². The predicted octanol–water partition coefficient (Wildman–Crippen LogP) is 2.18. The van der Waals surface area contributed by atoms with Crippen molar-refractivity contribution < 1.29 is 9.53 Å². The molecular formula is C12H19ClN2O2. The highest BCUT2D eigenvalue weighted by Gasteiger charge is 2.07. The van der Waals surface area contributed by atoms with Gasteiger partial charge in [0.2, 0.25) is 5.91 Å². The van der Waals surface area contributed by atoms with Gasteiger partial charge in [0.25, 0.3) is 0 Å². The number of hydrogen-bond donors (Lipinski definition) is 2. The van der Waals surface area contributed by atoms with Crippen molar-refractivity contribution in [3.8, 4) is 5.75 Å². The number of rotatable bonds is 4. The van der Waals surface area contributed by atoms with E-state index in [-0.39, 0.29) is 24.4 Å². The van der Waals surface area contributed by atoms with Crippen LogP contribution in [0.1, 0.15) is 20.8 Å². The largest absolute Gasteiger partial charge is 0.491 e. The molecule has 0 saturated heterocycles. The van der Waals surface area contributed by atoms with Gasteiger partial charge < -0.3 is 15.8 Å². The zero-order valence-corrected chi connectivity index (χ0v) is 11.1. The van der Waals surface area contributed by atoms with Gasteiger partial charge in [0.1, 0.15) is 5.75 Å². The Morgan fingerprint density at radius 2 is 1.76 bits per heavy atom. The minimum absolute atomic E-state index is 0. The summed E-state index contributed by atoms with van der Waals surface area (Å²) in [4.78, 5) is 11.3. The van der Waals surface area contributed by atoms with Crippen LogP contribution in [0, 0.1) is 0 Å². The molecule has 3 N–H and O–H groups in total. The number of halogens is 1. The molecule has 1 atom stereocenters. The summed E-state index contributed by atoms with van der Waals surface area (Å²) in [6.45, 7) is 5.57. The van der Waals surface area contributed by atoms with E-state index in [1.54, 1.807) is 19.1 Å². The Labute approximate surface area is 108 Å². The number of ether oxygens (including phenoxy) is 1. The number of nitrogens with one attached hydrogen (secondary N) is 1. The lowest BCUT2D eigenvalue weighted by Gasteiger charge is -2.11. The van der Waals surface area contributed by atoms with Crippen LogP contribution in [0.25, 0.3) is 0 Å². The molecule has 0 bridgehead atoms. The van der Waals surface area contributed by atoms with E-state index >= 15 is 0 Å². The Bertz CT molecular complexity index is 350. The number of nitrogens with two attached hydrogens (primary N) is 1. The standard InChI is InChI=1S/C12H18N2O2.ClH/c1-8(2)16-11-6-4-10(5-7-11)14-12(15)9(3)13;/h4-9H,13H2,1-3H3,(H,14,15);1H/t9-;/m0./s1. The minimum Gasteiger partial charge on any atom is -0.491 e. The third-order valence-electron chi connectivity index (χ3n) is 1.91. The molecule has 0 saturated carbocycles. The first-order chi connectivity index (χ1) is 7.49. The van der Waals surface area contributed by atoms with Crippen LogP contribution in [0.3, 0.4) is 0 Å². The van der Waals surface area contributed by atoms with Crippen molar-refractivity contribution in [1.29, 1.82) is 0 Å². The quantitative estimate of drug-likeness (QED) is 0.870. The van der Waals surface area contributed by atoms with Gasteiger partial charge in [-0.3, -0.25) is 4.79 Å². The molecule has 1 aromatic rings. The molecule has 5 heteroatoms. The van der Waals surface area contributed by atoms with Gasteiger partial charge in [-0.05, 0) is 45.0 Å². The fourth-order valence-electron chi connectivity index (χ4n) is 1.15. The maximum absolute atomic E-state index is 11.3. The maximum atomic E-state index is 11.3. The van der Waals surface area contributed by atoms with E-state index < -0.39 is 6.04 Å². The van der Waals surface area contributed by atoms with Crippen LogP contribution in [0.2, 0.25) is 0 Å². The summed E-state index contributed by atoms with van der Waals surface area (Å²) in [5.41, 5.74) is 6.16. The zero-order chi connectivity index (χ0) is 12.1. The molecule has 0 aliphatic rings. The number of carbonyl (C=O) groups is 1. The highest BCUT2D eigenvalue weighted by atomic mass is 35.5. The van der Waals surface area contributed by atoms with Crippen LogP contribution in [0.15, 0.2) is 24.3 Å². The second-order valence-electron chi connectivity index (χ2n) is 3.97. The molecule has 0 aliphatic carbocycles. The van der Waals surface area contributed by atoms with Crippen LogP contribution in [-0.2, 0) is 4.79 Å². The number of carbonyl (C=O) groups excluding carboxylic acids is 1. The van der Waals surface area contributed by atoms with E-state index in [1.807, 2.05) is 26.0 Å². The van der Waals surface area contributed by atoms with Crippen molar-refractivity contribution in [2.45, 2.75) is 32.9 Å². The summed E-state index contributed by atoms with van der Waals surface area (Å²) in [6, 6.07) is 6.70. The number of anilines is 1. The molecule has 4 nitrogen and oxygen atoms in total. The van der Waals surface area contributed by atoms with Gasteiger partial charge >= 0.3 is 0 Å². The monoisotopic (exact) mass is 258 g/mol. The van der Waals surface area contributed by atoms with Crippen molar-refractivity contribution >= 4 is 24.0 Å². The zero-order valence-electron chi connectivity index (χ0n) is 10.3. The van der Waals surface area contributed by atoms with Gasteiger partial charge in [-0.1, -0.05) is 0 Å². The maximum Gasteiger partial charge on any atom is 0.240 e. The molecule has 0 spiro atoms. The molecule has 0 fully saturated rings. The summed E-state index contributed by atoms with van der Waals surface area (Å²) in [5, 5.41) is 2.70. The molecule has 0 aliphatic heterocycles. The summed E-state index contributed by atoms with van der Waals surface area (Å²) in [7, 11) is 0. The molecule has 96 valence electrons. The highest BCUT2D eigenvalue weighted by molar-refractivity contribution is 5.94. The third-order valence-corrected chi connectivity index (χ3v) is 1.91. The van der Waals surface area contributed by atoms with E-state index in [9.17, 15) is 4.79 Å². The van der Waals surface area contributed by atoms with Crippen LogP contribution in [-0.4, -0.2) is 18.1 Å². The normalized spacial score (nSPS) is 11.6. The molecule has 1 rings (SSSR count). The van der Waals surface area contributed by atoms with Crippen molar-refractivity contribution in [2.24, 2.45) is 5.73 Å². The highest BCUT2D eigenvalue weighted by Crippen LogP contribution is 2.16. The van der Waals surface area contributed by atoms with Crippen LogP contribution < -0.4 is 15.8 Å². The summed E-state index contributed by atoms with van der Waals surface area (Å²) < 4.78 is 5.48. The van der Waals surface area contributed by atoms with Crippen LogP contribution >= 0.6 is 12.4 Å². The smallest absolute Gasteiger partial charge is 0.240 e. The molecule has 0 radical (unpaired) electrons. The molecule has 0 heterocycles. The fraction of sp³-hybridized carbons (Fsp3) is 0.417. The summed E-state index contributed by atoms with van der Waals surface area (Å²) in [6.07, 6.45) is 0.143. The molecule has 1 amide bonds. The SMILES string of the molecule is CC(C)Oc1ccc(NC(=O)[C@H](C)N)cc1.Cl. The average Bonchev–Trinajstić information content (AvgIpc) is 2.20. The van der Waals surface area contributed by atoms with Crippen molar-refractivity contribution in [3.63, 3.8) is 0 Å². The Balaban J connectivity index is 0.00000256. The minimum atomic E-state index is -0.508. The second-order valence-corrected chi connectivity index (χ2v) is 3.97. The number of benzene rings is 1. The predicted molar refractivity (Wildman–Crippen MR) is 71.7 cm³/mol. The first-order valence-electron chi connectivity index (χ1n) is 5.32. The van der Waals surface area contributed by atoms with Gasteiger partial charge in [-0.2, -0.15) is 0 Å². The lowest BCUT2D eigenvalue weighted by Crippen LogP contribution is -2.32. The lowest BCUT2D eigenvalue weighted by molar-refractivity contribution is -0.117. The molecule has 0 unspecified atom stereocenters. The Morgan fingerprint density at radius 1 is 1.24 bits per heavy atom. The van der Waals surface area contributed by atoms with E-state index in [1.165, 1.54) is 0 Å². The van der Waals surface area contributed by atoms with E-state index in [0.29, 0.717) is 0 Å². The summed E-state index contributed by atoms with van der Waals surface area (Å²) in [5.74, 6) is 0.589. The Morgan fingerprint density at radius 3 is 2.18 bits per heavy atom. The first-order valence-corrected chi connectivity index (χ1v) is 5.32. The number of amides is 1. The van der Waals surface area contributed by atoms with Gasteiger partial charge in [0, 0.05) is 5.69 Å². The van der Waals surface area contributed by atoms with Crippen molar-refractivity contribution in [3.05, 3.63) is 24.3 Å². The van der Waals surface area contributed by atoms with Gasteiger partial charge in [0.15, 0.2) is 0 Å². The average molecular weight is 259 g/mol. The van der Waals surface area contributed by atoms with E-state index in [2.05, 4.69) is 5.32 Å². The number of hydrogen-bond acceptors (Lipinski definition) is 3. The van der Waals surface area contributed by atoms with Crippen molar-refractivity contribution in [2.75, 3.05) is 5.32 Å². The van der Waals surface area contributed by atoms with Gasteiger partial charge in [-0.15, -0.1) is 12.4 Å². The third kappa shape index (κ3) is 5.56. The van der Waals surface area contributed by atoms with E-state index in [0.717, 1.165) is 11.4 Å². The molecule has 1 aromatic carbocycles. The van der Waals surface area contributed by atoms with Gasteiger partial charge in [0.05, 0.1) is 12.1 Å². The topological polar surface area (TPSA) is 64.3 Å². The van der Waals surface area contributed by atoms with Crippen molar-refractivity contribution in [1.82, 2.24) is 0 Å². The lowest BCUT2D eigenvalue weighted by atomic mass is 10.2. The molecule has 0 aromatic heterocycles. The molecular weight excluding hydrogens is 240 g/mol. The van der Waals surface area contributed by atoms with Crippen LogP contribution in [0.5, 0.6) is 5.75 Å². The van der Waals surface area contributed by atoms with Crippen LogP contribution in [0.4, 0.5) is 5.69 Å².